The Morgan fingerprint density at radius 2 is 2.00 bits per heavy atom. The summed E-state index contributed by atoms with van der Waals surface area (Å²) >= 11 is 0. The molecule has 0 unspecified atom stereocenters. The lowest BCUT2D eigenvalue weighted by Crippen LogP contribution is -2.22. The molecule has 0 saturated heterocycles. The Bertz CT molecular complexity index is 712. The number of methoxy groups -OCH3 is 1. The van der Waals surface area contributed by atoms with Crippen LogP contribution in [0.1, 0.15) is 45.1 Å². The van der Waals surface area contributed by atoms with Gasteiger partial charge < -0.3 is 14.2 Å². The van der Waals surface area contributed by atoms with E-state index in [0.29, 0.717) is 12.3 Å². The highest BCUT2D eigenvalue weighted by atomic mass is 32.3. The van der Waals surface area contributed by atoms with Gasteiger partial charge in [-0.2, -0.15) is 8.42 Å². The number of nitrogens with one attached hydrogen (secondary N) is 1. The van der Waals surface area contributed by atoms with Gasteiger partial charge in [0, 0.05) is 13.0 Å². The molecule has 0 heterocycles. The van der Waals surface area contributed by atoms with Crippen LogP contribution in [-0.4, -0.2) is 26.0 Å². The molecule has 0 saturated carbocycles. The molecule has 1 aromatic carbocycles. The van der Waals surface area contributed by atoms with Crippen molar-refractivity contribution in [2.24, 2.45) is 5.92 Å². The molecule has 0 aromatic heterocycles. The standard InChI is InChI=1S/C18H27NO6S/c1-14(2)8-6-4-5-7-9-18(20)19-13-15-10-11-16(17(12-15)24-3)25-26(21,22)23/h6,8,10-12,14H,4-5,7,9,13H2,1-3H3,(H,19,20)(H,21,22,23)/b8-6-. The van der Waals surface area contributed by atoms with Crippen molar-refractivity contribution in [3.05, 3.63) is 35.9 Å². The molecule has 8 heteroatoms. The van der Waals surface area contributed by atoms with Gasteiger partial charge in [0.05, 0.1) is 7.11 Å². The fourth-order valence-electron chi connectivity index (χ4n) is 2.21. The number of unbranched alkanes of at least 4 members (excludes halogenated alkanes) is 2. The van der Waals surface area contributed by atoms with Crippen LogP contribution in [0.3, 0.4) is 0 Å². The monoisotopic (exact) mass is 385 g/mol. The molecule has 2 N–H and O–H groups in total. The summed E-state index contributed by atoms with van der Waals surface area (Å²) in [6.07, 6.45) is 7.51. The number of ether oxygens (including phenoxy) is 1. The first-order valence-electron chi connectivity index (χ1n) is 8.48. The third-order valence-electron chi connectivity index (χ3n) is 3.46. The largest absolute Gasteiger partial charge is 0.493 e. The Hall–Kier alpha value is -2.06. The maximum Gasteiger partial charge on any atom is 0.446 e. The van der Waals surface area contributed by atoms with Gasteiger partial charge in [-0.1, -0.05) is 32.1 Å². The van der Waals surface area contributed by atoms with Gasteiger partial charge in [0.25, 0.3) is 0 Å². The average molecular weight is 385 g/mol. The number of hydrogen-bond donors (Lipinski definition) is 2. The molecule has 0 radical (unpaired) electrons. The van der Waals surface area contributed by atoms with E-state index in [4.69, 9.17) is 9.29 Å². The van der Waals surface area contributed by atoms with Crippen LogP contribution in [0.25, 0.3) is 0 Å². The lowest BCUT2D eigenvalue weighted by Gasteiger charge is -2.10. The van der Waals surface area contributed by atoms with Gasteiger partial charge >= 0.3 is 10.4 Å². The summed E-state index contributed by atoms with van der Waals surface area (Å²) in [4.78, 5) is 11.9. The normalized spacial score (nSPS) is 11.7. The van der Waals surface area contributed by atoms with Crippen molar-refractivity contribution < 1.29 is 26.7 Å². The number of rotatable bonds is 11. The number of carbonyl (C=O) groups is 1. The molecule has 146 valence electrons. The van der Waals surface area contributed by atoms with Gasteiger partial charge in [0.2, 0.25) is 5.91 Å². The fraction of sp³-hybridized carbons (Fsp3) is 0.500. The summed E-state index contributed by atoms with van der Waals surface area (Å²) in [7, 11) is -3.28. The van der Waals surface area contributed by atoms with Crippen LogP contribution in [-0.2, 0) is 21.7 Å². The van der Waals surface area contributed by atoms with Crippen LogP contribution >= 0.6 is 0 Å². The molecular weight excluding hydrogens is 358 g/mol. The Kier molecular flexibility index (Phi) is 9.15. The number of carbonyl (C=O) groups excluding carboxylic acids is 1. The Morgan fingerprint density at radius 1 is 1.27 bits per heavy atom. The van der Waals surface area contributed by atoms with E-state index in [1.54, 1.807) is 6.07 Å². The maximum absolute atomic E-state index is 11.9. The van der Waals surface area contributed by atoms with E-state index in [9.17, 15) is 13.2 Å². The molecule has 1 rings (SSSR count). The maximum atomic E-state index is 11.9. The number of allylic oxidation sites excluding steroid dienone is 2. The summed E-state index contributed by atoms with van der Waals surface area (Å²) in [6, 6.07) is 4.48. The first-order chi connectivity index (χ1) is 12.2. The predicted molar refractivity (Wildman–Crippen MR) is 99.5 cm³/mol. The van der Waals surface area contributed by atoms with Crippen molar-refractivity contribution in [3.63, 3.8) is 0 Å². The van der Waals surface area contributed by atoms with E-state index in [-0.39, 0.29) is 24.0 Å². The van der Waals surface area contributed by atoms with E-state index in [1.807, 2.05) is 0 Å². The molecule has 0 bridgehead atoms. The highest BCUT2D eigenvalue weighted by Gasteiger charge is 2.13. The molecule has 0 aliphatic carbocycles. The zero-order valence-corrected chi connectivity index (χ0v) is 16.2. The minimum absolute atomic E-state index is 0.0462. The fourth-order valence-corrected chi connectivity index (χ4v) is 2.57. The molecule has 7 nitrogen and oxygen atoms in total. The van der Waals surface area contributed by atoms with Crippen molar-refractivity contribution in [1.82, 2.24) is 5.32 Å². The van der Waals surface area contributed by atoms with Crippen molar-refractivity contribution >= 4 is 16.3 Å². The van der Waals surface area contributed by atoms with Gasteiger partial charge in [0.1, 0.15) is 0 Å². The molecule has 1 aromatic rings. The number of hydrogen-bond acceptors (Lipinski definition) is 5. The Balaban J connectivity index is 2.43. The third kappa shape index (κ3) is 9.43. The highest BCUT2D eigenvalue weighted by molar-refractivity contribution is 7.81. The molecule has 0 spiro atoms. The van der Waals surface area contributed by atoms with E-state index in [1.165, 1.54) is 19.2 Å². The Morgan fingerprint density at radius 3 is 2.62 bits per heavy atom. The van der Waals surface area contributed by atoms with E-state index >= 15 is 0 Å². The van der Waals surface area contributed by atoms with Crippen LogP contribution < -0.4 is 14.2 Å². The SMILES string of the molecule is COc1cc(CNC(=O)CCCC/C=C\C(C)C)ccc1OS(=O)(=O)O. The molecule has 0 aliphatic rings. The predicted octanol–water partition coefficient (Wildman–Crippen LogP) is 3.27. The summed E-state index contributed by atoms with van der Waals surface area (Å²) in [5.41, 5.74) is 0.720. The van der Waals surface area contributed by atoms with Crippen molar-refractivity contribution in [1.29, 1.82) is 0 Å². The molecule has 0 atom stereocenters. The Labute approximate surface area is 155 Å². The second-order valence-electron chi connectivity index (χ2n) is 6.19. The van der Waals surface area contributed by atoms with Gasteiger partial charge in [-0.15, -0.1) is 0 Å². The number of benzene rings is 1. The third-order valence-corrected chi connectivity index (χ3v) is 3.85. The first-order valence-corrected chi connectivity index (χ1v) is 9.85. The van der Waals surface area contributed by atoms with Crippen molar-refractivity contribution in [3.8, 4) is 11.5 Å². The van der Waals surface area contributed by atoms with Gasteiger partial charge in [0.15, 0.2) is 11.5 Å². The van der Waals surface area contributed by atoms with Gasteiger partial charge in [-0.3, -0.25) is 9.35 Å². The zero-order valence-electron chi connectivity index (χ0n) is 15.4. The number of amides is 1. The summed E-state index contributed by atoms with van der Waals surface area (Å²) in [6.45, 7) is 4.54. The first kappa shape index (κ1) is 22.0. The molecule has 1 amide bonds. The van der Waals surface area contributed by atoms with Crippen LogP contribution in [0.15, 0.2) is 30.4 Å². The summed E-state index contributed by atoms with van der Waals surface area (Å²) in [5, 5.41) is 2.81. The van der Waals surface area contributed by atoms with Crippen LogP contribution in [0.5, 0.6) is 11.5 Å². The molecule has 0 aliphatic heterocycles. The second-order valence-corrected chi connectivity index (χ2v) is 7.21. The summed E-state index contributed by atoms with van der Waals surface area (Å²) < 4.78 is 39.8. The van der Waals surface area contributed by atoms with Crippen molar-refractivity contribution in [2.75, 3.05) is 7.11 Å². The topological polar surface area (TPSA) is 102 Å². The van der Waals surface area contributed by atoms with E-state index in [0.717, 1.165) is 24.8 Å². The van der Waals surface area contributed by atoms with Crippen LogP contribution in [0, 0.1) is 5.92 Å². The quantitative estimate of drug-likeness (QED) is 0.344. The van der Waals surface area contributed by atoms with Crippen LogP contribution in [0.2, 0.25) is 0 Å². The lowest BCUT2D eigenvalue weighted by atomic mass is 10.1. The smallest absolute Gasteiger partial charge is 0.446 e. The van der Waals surface area contributed by atoms with Gasteiger partial charge in [-0.25, -0.2) is 0 Å². The molecule has 26 heavy (non-hydrogen) atoms. The van der Waals surface area contributed by atoms with E-state index < -0.39 is 10.4 Å². The summed E-state index contributed by atoms with van der Waals surface area (Å²) in [5.74, 6) is 0.519. The van der Waals surface area contributed by atoms with Crippen LogP contribution in [0.4, 0.5) is 0 Å². The average Bonchev–Trinajstić information content (AvgIpc) is 2.55. The van der Waals surface area contributed by atoms with Gasteiger partial charge in [-0.05, 0) is 42.9 Å². The molecular formula is C18H27NO6S. The zero-order chi connectivity index (χ0) is 19.6. The lowest BCUT2D eigenvalue weighted by molar-refractivity contribution is -0.121. The second kappa shape index (κ2) is 10.8. The minimum Gasteiger partial charge on any atom is -0.493 e. The molecule has 0 fully saturated rings. The highest BCUT2D eigenvalue weighted by Crippen LogP contribution is 2.29. The van der Waals surface area contributed by atoms with Crippen molar-refractivity contribution in [2.45, 2.75) is 46.1 Å². The minimum atomic E-state index is -4.62. The van der Waals surface area contributed by atoms with E-state index in [2.05, 4.69) is 35.5 Å².